The van der Waals surface area contributed by atoms with Gasteiger partial charge in [0.2, 0.25) is 21.8 Å². The molecule has 1 N–H and O–H groups in total. The number of benzene rings is 3. The lowest BCUT2D eigenvalue weighted by molar-refractivity contribution is -0.140. The summed E-state index contributed by atoms with van der Waals surface area (Å²) in [6.07, 6.45) is 1.31. The smallest absolute Gasteiger partial charge is 0.244 e. The number of nitrogens with zero attached hydrogens (tertiary/aromatic N) is 2. The van der Waals surface area contributed by atoms with E-state index in [9.17, 15) is 18.0 Å². The second-order valence-electron chi connectivity index (χ2n) is 8.36. The number of carbonyl (C=O) groups excluding carboxylic acids is 2. The third kappa shape index (κ3) is 7.57. The summed E-state index contributed by atoms with van der Waals surface area (Å²) < 4.78 is 26.4. The van der Waals surface area contributed by atoms with Gasteiger partial charge in [-0.2, -0.15) is 0 Å². The van der Waals surface area contributed by atoms with Crippen LogP contribution in [0, 0.1) is 0 Å². The number of anilines is 1. The Labute approximate surface area is 217 Å². The van der Waals surface area contributed by atoms with Crippen LogP contribution in [0.3, 0.4) is 0 Å². The van der Waals surface area contributed by atoms with Crippen LogP contribution < -0.4 is 9.62 Å². The minimum atomic E-state index is -3.82. The summed E-state index contributed by atoms with van der Waals surface area (Å²) in [5.74, 6) is -0.810. The van der Waals surface area contributed by atoms with Gasteiger partial charge in [0.1, 0.15) is 12.6 Å². The average molecular weight is 528 g/mol. The van der Waals surface area contributed by atoms with E-state index in [2.05, 4.69) is 5.32 Å². The Morgan fingerprint density at radius 2 is 1.53 bits per heavy atom. The molecule has 0 aliphatic heterocycles. The summed E-state index contributed by atoms with van der Waals surface area (Å²) in [5, 5.41) is 3.17. The lowest BCUT2D eigenvalue weighted by atomic mass is 10.0. The van der Waals surface area contributed by atoms with Gasteiger partial charge in [-0.15, -0.1) is 0 Å². The molecule has 0 aliphatic rings. The minimum absolute atomic E-state index is 0.140. The maximum Gasteiger partial charge on any atom is 0.244 e. The highest BCUT2D eigenvalue weighted by Crippen LogP contribution is 2.23. The van der Waals surface area contributed by atoms with Crippen molar-refractivity contribution in [2.24, 2.45) is 0 Å². The van der Waals surface area contributed by atoms with Crippen LogP contribution in [0.1, 0.15) is 18.1 Å². The van der Waals surface area contributed by atoms with Gasteiger partial charge in [0, 0.05) is 24.5 Å². The Kier molecular flexibility index (Phi) is 9.50. The van der Waals surface area contributed by atoms with E-state index >= 15 is 0 Å². The zero-order valence-corrected chi connectivity index (χ0v) is 21.9. The van der Waals surface area contributed by atoms with Crippen molar-refractivity contribution in [1.82, 2.24) is 10.2 Å². The van der Waals surface area contributed by atoms with E-state index in [0.717, 1.165) is 21.7 Å². The Morgan fingerprint density at radius 3 is 2.08 bits per heavy atom. The molecule has 0 fully saturated rings. The molecule has 3 aromatic carbocycles. The normalized spacial score (nSPS) is 12.0. The van der Waals surface area contributed by atoms with Crippen molar-refractivity contribution in [2.45, 2.75) is 25.9 Å². The van der Waals surface area contributed by atoms with Crippen molar-refractivity contribution in [1.29, 1.82) is 0 Å². The monoisotopic (exact) mass is 527 g/mol. The molecule has 9 heteroatoms. The predicted molar refractivity (Wildman–Crippen MR) is 143 cm³/mol. The summed E-state index contributed by atoms with van der Waals surface area (Å²) in [7, 11) is -3.82. The van der Waals surface area contributed by atoms with Crippen LogP contribution in [0.2, 0.25) is 5.02 Å². The van der Waals surface area contributed by atoms with E-state index in [4.69, 9.17) is 11.6 Å². The summed E-state index contributed by atoms with van der Waals surface area (Å²) in [5.41, 5.74) is 1.98. The molecule has 0 radical (unpaired) electrons. The maximum absolute atomic E-state index is 13.8. The number of carbonyl (C=O) groups is 2. The lowest BCUT2D eigenvalue weighted by Gasteiger charge is -2.33. The Bertz CT molecular complexity index is 1270. The van der Waals surface area contributed by atoms with Crippen LogP contribution in [0.25, 0.3) is 0 Å². The third-order valence-corrected chi connectivity index (χ3v) is 6.97. The highest BCUT2D eigenvalue weighted by atomic mass is 35.5. The van der Waals surface area contributed by atoms with Gasteiger partial charge >= 0.3 is 0 Å². The molecule has 0 aliphatic carbocycles. The number of hydrogen-bond donors (Lipinski definition) is 1. The van der Waals surface area contributed by atoms with Crippen molar-refractivity contribution in [2.75, 3.05) is 23.7 Å². The van der Waals surface area contributed by atoms with Crippen LogP contribution in [0.4, 0.5) is 5.69 Å². The Hall–Kier alpha value is -3.36. The molecule has 190 valence electrons. The second-order valence-corrected chi connectivity index (χ2v) is 10.7. The number of rotatable bonds is 11. The van der Waals surface area contributed by atoms with E-state index < -0.39 is 28.5 Å². The van der Waals surface area contributed by atoms with Crippen molar-refractivity contribution in [3.63, 3.8) is 0 Å². The van der Waals surface area contributed by atoms with Gasteiger partial charge in [0.05, 0.1) is 11.9 Å². The van der Waals surface area contributed by atoms with Gasteiger partial charge in [-0.1, -0.05) is 78.3 Å². The zero-order chi connectivity index (χ0) is 26.1. The molecular weight excluding hydrogens is 498 g/mol. The van der Waals surface area contributed by atoms with Crippen molar-refractivity contribution < 1.29 is 18.0 Å². The van der Waals surface area contributed by atoms with Crippen LogP contribution in [0.5, 0.6) is 0 Å². The first kappa shape index (κ1) is 27.2. The van der Waals surface area contributed by atoms with Gasteiger partial charge in [0.15, 0.2) is 0 Å². The Morgan fingerprint density at radius 1 is 0.917 bits per heavy atom. The van der Waals surface area contributed by atoms with Crippen molar-refractivity contribution in [3.8, 4) is 0 Å². The third-order valence-electron chi connectivity index (χ3n) is 5.59. The standard InChI is InChI=1S/C27H30ClN3O4S/c1-3-29-27(33)25(17-21-11-6-4-7-12-21)30(19-22-13-8-5-9-14-22)26(32)20-31(36(2,34)35)24-16-10-15-23(28)18-24/h4-16,18,25H,3,17,19-20H2,1-2H3,(H,29,33)/t25-/m0/s1. The molecule has 0 heterocycles. The number of amides is 2. The predicted octanol–water partition coefficient (Wildman–Crippen LogP) is 3.88. The summed E-state index contributed by atoms with van der Waals surface area (Å²) >= 11 is 6.09. The zero-order valence-electron chi connectivity index (χ0n) is 20.3. The molecule has 2 amide bonds. The van der Waals surface area contributed by atoms with Crippen LogP contribution in [-0.4, -0.2) is 50.5 Å². The highest BCUT2D eigenvalue weighted by Gasteiger charge is 2.32. The van der Waals surface area contributed by atoms with Crippen molar-refractivity contribution >= 4 is 39.1 Å². The molecular formula is C27H30ClN3O4S. The van der Waals surface area contributed by atoms with Crippen LogP contribution >= 0.6 is 11.6 Å². The van der Waals surface area contributed by atoms with Crippen LogP contribution in [0.15, 0.2) is 84.9 Å². The topological polar surface area (TPSA) is 86.8 Å². The highest BCUT2D eigenvalue weighted by molar-refractivity contribution is 7.92. The van der Waals surface area contributed by atoms with E-state index in [0.29, 0.717) is 11.6 Å². The molecule has 1 atom stereocenters. The first-order chi connectivity index (χ1) is 17.2. The van der Waals surface area contributed by atoms with Gasteiger partial charge in [0.25, 0.3) is 0 Å². The number of hydrogen-bond acceptors (Lipinski definition) is 4. The largest absolute Gasteiger partial charge is 0.355 e. The molecule has 0 saturated heterocycles. The molecule has 3 aromatic rings. The van der Waals surface area contributed by atoms with Gasteiger partial charge < -0.3 is 10.2 Å². The Balaban J connectivity index is 2.01. The van der Waals surface area contributed by atoms with Gasteiger partial charge in [-0.3, -0.25) is 13.9 Å². The number of sulfonamides is 1. The second kappa shape index (κ2) is 12.6. The van der Waals surface area contributed by atoms with Crippen molar-refractivity contribution in [3.05, 3.63) is 101 Å². The molecule has 0 unspecified atom stereocenters. The number of halogens is 1. The lowest BCUT2D eigenvalue weighted by Crippen LogP contribution is -2.53. The summed E-state index contributed by atoms with van der Waals surface area (Å²) in [6.45, 7) is 1.87. The minimum Gasteiger partial charge on any atom is -0.355 e. The first-order valence-corrected chi connectivity index (χ1v) is 13.8. The molecule has 0 saturated carbocycles. The quantitative estimate of drug-likeness (QED) is 0.410. The molecule has 36 heavy (non-hydrogen) atoms. The molecule has 0 aromatic heterocycles. The maximum atomic E-state index is 13.8. The molecule has 7 nitrogen and oxygen atoms in total. The molecule has 0 bridgehead atoms. The van der Waals surface area contributed by atoms with E-state index in [-0.39, 0.29) is 24.6 Å². The molecule has 3 rings (SSSR count). The van der Waals surface area contributed by atoms with E-state index in [1.54, 1.807) is 18.2 Å². The van der Waals surface area contributed by atoms with Gasteiger partial charge in [-0.25, -0.2) is 8.42 Å². The van der Waals surface area contributed by atoms with E-state index in [1.165, 1.54) is 11.0 Å². The summed E-state index contributed by atoms with van der Waals surface area (Å²) in [6, 6.07) is 24.2. The van der Waals surface area contributed by atoms with Gasteiger partial charge in [-0.05, 0) is 36.2 Å². The number of nitrogens with one attached hydrogen (secondary N) is 1. The number of likely N-dealkylation sites (N-methyl/N-ethyl adjacent to an activating group) is 1. The fraction of sp³-hybridized carbons (Fsp3) is 0.259. The average Bonchev–Trinajstić information content (AvgIpc) is 2.85. The SMILES string of the molecule is CCNC(=O)[C@H](Cc1ccccc1)N(Cc1ccccc1)C(=O)CN(c1cccc(Cl)c1)S(C)(=O)=O. The van der Waals surface area contributed by atoms with Crippen LogP contribution in [-0.2, 0) is 32.6 Å². The fourth-order valence-electron chi connectivity index (χ4n) is 3.87. The summed E-state index contributed by atoms with van der Waals surface area (Å²) in [4.78, 5) is 28.5. The first-order valence-electron chi connectivity index (χ1n) is 11.6. The molecule has 0 spiro atoms. The van der Waals surface area contributed by atoms with E-state index in [1.807, 2.05) is 67.6 Å². The fourth-order valence-corrected chi connectivity index (χ4v) is 4.90.